The number of hydrogen-bond donors (Lipinski definition) is 1. The SMILES string of the molecule is CCCOC(=O)N1CCN(C(=O)c2ccc3c(Cl)cc(-c4ccc(O)c(F)c4)nc3c2)C[C@@H]1C.S. The molecule has 2 amide bonds. The molecule has 1 N–H and O–H groups in total. The molecule has 1 aliphatic heterocycles. The zero-order valence-corrected chi connectivity index (χ0v) is 21.2. The molecule has 0 spiro atoms. The van der Waals surface area contributed by atoms with Crippen LogP contribution in [0, 0.1) is 5.82 Å². The molecule has 1 saturated heterocycles. The molecule has 3 aromatic rings. The van der Waals surface area contributed by atoms with Crippen molar-refractivity contribution in [1.29, 1.82) is 0 Å². The Morgan fingerprint density at radius 2 is 1.97 bits per heavy atom. The standard InChI is InChI=1S/C25H25ClFN3O4.H2S/c1-3-10-34-25(33)30-9-8-29(14-15(30)2)24(32)17-4-6-18-19(26)13-21(28-22(18)12-17)16-5-7-23(31)20(27)11-16;/h4-7,11-13,15,31H,3,8-10,14H2,1-2H3;1H2/t15-;/m0./s1. The number of hydrogen-bond acceptors (Lipinski definition) is 5. The fraction of sp³-hybridized carbons (Fsp3) is 0.320. The number of carbonyl (C=O) groups excluding carboxylic acids is 2. The lowest BCUT2D eigenvalue weighted by atomic mass is 10.1. The largest absolute Gasteiger partial charge is 0.505 e. The normalized spacial score (nSPS) is 15.6. The Balaban J connectivity index is 0.00000342. The van der Waals surface area contributed by atoms with E-state index >= 15 is 0 Å². The number of amides is 2. The Morgan fingerprint density at radius 3 is 2.66 bits per heavy atom. The summed E-state index contributed by atoms with van der Waals surface area (Å²) in [7, 11) is 0. The van der Waals surface area contributed by atoms with Crippen LogP contribution in [0.4, 0.5) is 9.18 Å². The Bertz CT molecular complexity index is 1260. The average molecular weight is 520 g/mol. The van der Waals surface area contributed by atoms with Gasteiger partial charge in [-0.2, -0.15) is 13.5 Å². The van der Waals surface area contributed by atoms with Gasteiger partial charge in [0, 0.05) is 42.2 Å². The van der Waals surface area contributed by atoms with E-state index in [0.717, 1.165) is 6.42 Å². The maximum Gasteiger partial charge on any atom is 0.410 e. The molecule has 186 valence electrons. The van der Waals surface area contributed by atoms with E-state index in [9.17, 15) is 19.1 Å². The number of pyridine rings is 1. The molecule has 2 aromatic carbocycles. The van der Waals surface area contributed by atoms with Crippen molar-refractivity contribution in [1.82, 2.24) is 14.8 Å². The van der Waals surface area contributed by atoms with E-state index < -0.39 is 11.6 Å². The van der Waals surface area contributed by atoms with Crippen molar-refractivity contribution in [3.8, 4) is 17.0 Å². The van der Waals surface area contributed by atoms with Crippen molar-refractivity contribution in [3.05, 3.63) is 58.9 Å². The zero-order chi connectivity index (χ0) is 24.4. The van der Waals surface area contributed by atoms with Gasteiger partial charge in [0.1, 0.15) is 0 Å². The highest BCUT2D eigenvalue weighted by Gasteiger charge is 2.31. The summed E-state index contributed by atoms with van der Waals surface area (Å²) in [6.07, 6.45) is 0.395. The Kier molecular flexibility index (Phi) is 8.45. The predicted octanol–water partition coefficient (Wildman–Crippen LogP) is 5.21. The van der Waals surface area contributed by atoms with E-state index in [1.54, 1.807) is 40.1 Å². The summed E-state index contributed by atoms with van der Waals surface area (Å²) >= 11 is 6.44. The van der Waals surface area contributed by atoms with Crippen LogP contribution in [0.1, 0.15) is 30.6 Å². The van der Waals surface area contributed by atoms with Crippen LogP contribution >= 0.6 is 25.1 Å². The van der Waals surface area contributed by atoms with E-state index in [4.69, 9.17) is 16.3 Å². The smallest absolute Gasteiger partial charge is 0.410 e. The number of piperazine rings is 1. The molecular formula is C25H27ClFN3O4S. The van der Waals surface area contributed by atoms with Gasteiger partial charge in [0.25, 0.3) is 5.91 Å². The van der Waals surface area contributed by atoms with Gasteiger partial charge in [-0.25, -0.2) is 14.2 Å². The van der Waals surface area contributed by atoms with Crippen LogP contribution in [-0.4, -0.2) is 64.2 Å². The number of ether oxygens (including phenoxy) is 1. The van der Waals surface area contributed by atoms with Gasteiger partial charge in [-0.05, 0) is 49.7 Å². The average Bonchev–Trinajstić information content (AvgIpc) is 2.83. The van der Waals surface area contributed by atoms with Crippen molar-refractivity contribution >= 4 is 48.0 Å². The third kappa shape index (κ3) is 5.62. The number of fused-ring (bicyclic) bond motifs is 1. The number of phenolic OH excluding ortho intramolecular Hbond substituents is 1. The van der Waals surface area contributed by atoms with E-state index in [0.29, 0.717) is 59.0 Å². The number of halogens is 2. The van der Waals surface area contributed by atoms with Gasteiger partial charge in [-0.3, -0.25) is 4.79 Å². The highest BCUT2D eigenvalue weighted by molar-refractivity contribution is 7.59. The Labute approximate surface area is 214 Å². The second-order valence-electron chi connectivity index (χ2n) is 8.30. The summed E-state index contributed by atoms with van der Waals surface area (Å²) in [6, 6.07) is 10.5. The molecule has 1 aliphatic rings. The second-order valence-corrected chi connectivity index (χ2v) is 8.70. The lowest BCUT2D eigenvalue weighted by Gasteiger charge is -2.39. The number of aromatic hydroxyl groups is 1. The molecule has 35 heavy (non-hydrogen) atoms. The van der Waals surface area contributed by atoms with Crippen LogP contribution in [0.15, 0.2) is 42.5 Å². The molecule has 1 atom stereocenters. The lowest BCUT2D eigenvalue weighted by Crippen LogP contribution is -2.55. The molecule has 4 rings (SSSR count). The fourth-order valence-corrected chi connectivity index (χ4v) is 4.26. The van der Waals surface area contributed by atoms with Gasteiger partial charge in [0.2, 0.25) is 0 Å². The Hall–Kier alpha value is -3.04. The van der Waals surface area contributed by atoms with Crippen LogP contribution in [0.5, 0.6) is 5.75 Å². The molecular weight excluding hydrogens is 493 g/mol. The van der Waals surface area contributed by atoms with Crippen LogP contribution < -0.4 is 0 Å². The van der Waals surface area contributed by atoms with Crippen molar-refractivity contribution in [2.45, 2.75) is 26.3 Å². The number of nitrogens with zero attached hydrogens (tertiary/aromatic N) is 3. The van der Waals surface area contributed by atoms with Gasteiger partial charge in [-0.1, -0.05) is 24.6 Å². The van der Waals surface area contributed by atoms with Crippen molar-refractivity contribution in [2.75, 3.05) is 26.2 Å². The molecule has 0 radical (unpaired) electrons. The number of phenols is 1. The number of rotatable bonds is 4. The van der Waals surface area contributed by atoms with Gasteiger partial charge >= 0.3 is 6.09 Å². The van der Waals surface area contributed by atoms with Gasteiger partial charge in [0.15, 0.2) is 11.6 Å². The first-order valence-corrected chi connectivity index (χ1v) is 11.5. The van der Waals surface area contributed by atoms with Crippen molar-refractivity contribution in [3.63, 3.8) is 0 Å². The van der Waals surface area contributed by atoms with Crippen LogP contribution in [0.2, 0.25) is 5.02 Å². The number of carbonyl (C=O) groups is 2. The van der Waals surface area contributed by atoms with Gasteiger partial charge in [0.05, 0.1) is 22.8 Å². The molecule has 1 aromatic heterocycles. The first kappa shape index (κ1) is 26.6. The molecule has 0 aliphatic carbocycles. The van der Waals surface area contributed by atoms with Crippen LogP contribution in [0.25, 0.3) is 22.2 Å². The predicted molar refractivity (Wildman–Crippen MR) is 138 cm³/mol. The first-order valence-electron chi connectivity index (χ1n) is 11.1. The quantitative estimate of drug-likeness (QED) is 0.512. The number of aromatic nitrogens is 1. The molecule has 2 heterocycles. The summed E-state index contributed by atoms with van der Waals surface area (Å²) in [5.41, 5.74) is 1.82. The molecule has 0 saturated carbocycles. The molecule has 1 fully saturated rings. The highest BCUT2D eigenvalue weighted by atomic mass is 35.5. The van der Waals surface area contributed by atoms with E-state index in [1.165, 1.54) is 12.1 Å². The van der Waals surface area contributed by atoms with Crippen molar-refractivity contribution < 1.29 is 23.8 Å². The molecule has 7 nitrogen and oxygen atoms in total. The van der Waals surface area contributed by atoms with E-state index in [1.807, 2.05) is 13.8 Å². The third-order valence-electron chi connectivity index (χ3n) is 5.83. The van der Waals surface area contributed by atoms with Crippen molar-refractivity contribution in [2.24, 2.45) is 0 Å². The fourth-order valence-electron chi connectivity index (χ4n) is 4.00. The van der Waals surface area contributed by atoms with E-state index in [2.05, 4.69) is 4.98 Å². The maximum atomic E-state index is 13.8. The summed E-state index contributed by atoms with van der Waals surface area (Å²) in [4.78, 5) is 33.4. The third-order valence-corrected chi connectivity index (χ3v) is 6.14. The summed E-state index contributed by atoms with van der Waals surface area (Å²) in [6.45, 7) is 5.37. The summed E-state index contributed by atoms with van der Waals surface area (Å²) < 4.78 is 19.1. The van der Waals surface area contributed by atoms with E-state index in [-0.39, 0.29) is 31.5 Å². The zero-order valence-electron chi connectivity index (χ0n) is 19.4. The summed E-state index contributed by atoms with van der Waals surface area (Å²) in [5, 5.41) is 10.5. The topological polar surface area (TPSA) is 83.0 Å². The molecule has 0 unspecified atom stereocenters. The first-order chi connectivity index (χ1) is 16.3. The highest BCUT2D eigenvalue weighted by Crippen LogP contribution is 2.31. The maximum absolute atomic E-state index is 13.8. The molecule has 0 bridgehead atoms. The minimum Gasteiger partial charge on any atom is -0.505 e. The lowest BCUT2D eigenvalue weighted by molar-refractivity contribution is 0.0412. The van der Waals surface area contributed by atoms with Gasteiger partial charge < -0.3 is 19.6 Å². The van der Waals surface area contributed by atoms with Crippen LogP contribution in [0.3, 0.4) is 0 Å². The molecule has 10 heteroatoms. The Morgan fingerprint density at radius 1 is 1.20 bits per heavy atom. The van der Waals surface area contributed by atoms with Gasteiger partial charge in [-0.15, -0.1) is 0 Å². The second kappa shape index (κ2) is 11.1. The monoisotopic (exact) mass is 519 g/mol. The minimum absolute atomic E-state index is 0. The number of benzene rings is 2. The summed E-state index contributed by atoms with van der Waals surface area (Å²) in [5.74, 6) is -1.38. The minimum atomic E-state index is -0.758. The van der Waals surface area contributed by atoms with Crippen LogP contribution in [-0.2, 0) is 4.74 Å².